The first-order valence-corrected chi connectivity index (χ1v) is 15.5. The molecule has 1 heterocycles. The van der Waals surface area contributed by atoms with E-state index in [0.717, 1.165) is 44.9 Å². The number of alkyl carbamates (subject to hydrolysis) is 1. The zero-order valence-electron chi connectivity index (χ0n) is 24.8. The molecule has 1 saturated heterocycles. The third-order valence-corrected chi connectivity index (χ3v) is 8.25. The Morgan fingerprint density at radius 1 is 0.902 bits per heavy atom. The highest BCUT2D eigenvalue weighted by molar-refractivity contribution is 7.96. The van der Waals surface area contributed by atoms with Crippen LogP contribution in [0.25, 0.3) is 0 Å². The van der Waals surface area contributed by atoms with Crippen LogP contribution in [-0.4, -0.2) is 71.9 Å². The molecule has 5 atom stereocenters. The second kappa shape index (κ2) is 15.2. The van der Waals surface area contributed by atoms with Gasteiger partial charge in [0.25, 0.3) is 0 Å². The van der Waals surface area contributed by atoms with Crippen molar-refractivity contribution in [3.8, 4) is 0 Å². The summed E-state index contributed by atoms with van der Waals surface area (Å²) in [6, 6.07) is -3.04. The number of ether oxygens (including phenoxy) is 2. The lowest BCUT2D eigenvalue weighted by Gasteiger charge is -2.32. The van der Waals surface area contributed by atoms with Crippen molar-refractivity contribution in [2.75, 3.05) is 13.2 Å². The topological polar surface area (TPSA) is 152 Å². The Balaban J connectivity index is 1.74. The number of thiol groups is 1. The molecule has 3 aliphatic rings. The van der Waals surface area contributed by atoms with Gasteiger partial charge in [-0.2, -0.15) is 0 Å². The fourth-order valence-corrected chi connectivity index (χ4v) is 5.74. The van der Waals surface area contributed by atoms with Crippen molar-refractivity contribution in [3.63, 3.8) is 0 Å². The van der Waals surface area contributed by atoms with Gasteiger partial charge in [-0.1, -0.05) is 32.1 Å². The van der Waals surface area contributed by atoms with E-state index in [2.05, 4.69) is 33.9 Å². The van der Waals surface area contributed by atoms with Crippen LogP contribution >= 0.6 is 12.6 Å². The smallest absolute Gasteiger partial charge is 0.407 e. The van der Waals surface area contributed by atoms with E-state index in [4.69, 9.17) is 9.47 Å². The van der Waals surface area contributed by atoms with E-state index in [1.165, 1.54) is 0 Å². The van der Waals surface area contributed by atoms with Crippen molar-refractivity contribution in [2.45, 2.75) is 122 Å². The maximum absolute atomic E-state index is 13.7. The Kier molecular flexibility index (Phi) is 12.3. The average Bonchev–Trinajstić information content (AvgIpc) is 3.64. The van der Waals surface area contributed by atoms with E-state index in [1.54, 1.807) is 6.92 Å². The van der Waals surface area contributed by atoms with Crippen LogP contribution in [0.15, 0.2) is 0 Å². The molecule has 0 bridgehead atoms. The van der Waals surface area contributed by atoms with E-state index >= 15 is 0 Å². The molecular weight excluding hydrogens is 548 g/mol. The van der Waals surface area contributed by atoms with Gasteiger partial charge in [0.15, 0.2) is 0 Å². The highest BCUT2D eigenvalue weighted by Gasteiger charge is 2.37. The lowest BCUT2D eigenvalue weighted by Crippen LogP contribution is -2.59. The lowest BCUT2D eigenvalue weighted by molar-refractivity contribution is -0.136. The van der Waals surface area contributed by atoms with Gasteiger partial charge in [0, 0.05) is 12.5 Å². The van der Waals surface area contributed by atoms with Crippen LogP contribution in [0.5, 0.6) is 0 Å². The summed E-state index contributed by atoms with van der Waals surface area (Å²) in [5.41, 5.74) is -0.594. The van der Waals surface area contributed by atoms with Crippen molar-refractivity contribution in [1.82, 2.24) is 21.3 Å². The molecule has 4 amide bonds. The molecule has 4 N–H and O–H groups in total. The molecular formula is C29H48N4O7S. The van der Waals surface area contributed by atoms with Gasteiger partial charge < -0.3 is 30.7 Å². The molecule has 0 radical (unpaired) electrons. The zero-order chi connectivity index (χ0) is 30.2. The van der Waals surface area contributed by atoms with Crippen molar-refractivity contribution < 1.29 is 33.4 Å². The van der Waals surface area contributed by atoms with Gasteiger partial charge in [-0.05, 0) is 71.6 Å². The molecule has 41 heavy (non-hydrogen) atoms. The van der Waals surface area contributed by atoms with Crippen molar-refractivity contribution in [2.24, 2.45) is 17.8 Å². The van der Waals surface area contributed by atoms with Crippen LogP contribution in [0.3, 0.4) is 0 Å². The zero-order valence-corrected chi connectivity index (χ0v) is 25.7. The molecule has 2 aliphatic carbocycles. The van der Waals surface area contributed by atoms with E-state index < -0.39 is 58.8 Å². The first-order valence-electron chi connectivity index (χ1n) is 15.0. The highest BCUT2D eigenvalue weighted by atomic mass is 32.1. The summed E-state index contributed by atoms with van der Waals surface area (Å²) >= 11 is 3.96. The van der Waals surface area contributed by atoms with Gasteiger partial charge in [0.1, 0.15) is 12.1 Å². The molecule has 0 aromatic carbocycles. The largest absolute Gasteiger partial charge is 0.449 e. The Bertz CT molecular complexity index is 946. The van der Waals surface area contributed by atoms with Gasteiger partial charge in [0.2, 0.25) is 22.8 Å². The standard InChI is InChI=1S/C29H48N4O7S/c1-17(40-29(2,3)4)23(33-28(38)39-16-19-10-11-19)26(36)31-21(14-18-8-6-5-7-9-18)25(35)32-22(27(37)41)15-20-12-13-30-24(20)34/h17-23H,5-16H2,1-4H3,(H,30,34)(H,31,36)(H,32,35)(H,33,38)(H,37,41)/t17-,20+,21+,22+,23+/m1/s1. The summed E-state index contributed by atoms with van der Waals surface area (Å²) in [5, 5.41) is 10.4. The quantitative estimate of drug-likeness (QED) is 0.193. The van der Waals surface area contributed by atoms with Crippen molar-refractivity contribution in [3.05, 3.63) is 0 Å². The lowest BCUT2D eigenvalue weighted by atomic mass is 9.84. The van der Waals surface area contributed by atoms with Gasteiger partial charge >= 0.3 is 6.09 Å². The number of carbonyl (C=O) groups is 5. The fraction of sp³-hybridized carbons (Fsp3) is 0.828. The maximum atomic E-state index is 13.7. The third kappa shape index (κ3) is 11.5. The van der Waals surface area contributed by atoms with E-state index in [1.807, 2.05) is 20.8 Å². The van der Waals surface area contributed by atoms with Crippen LogP contribution in [0.2, 0.25) is 0 Å². The summed E-state index contributed by atoms with van der Waals surface area (Å²) in [4.78, 5) is 64.3. The molecule has 0 spiro atoms. The Morgan fingerprint density at radius 2 is 1.56 bits per heavy atom. The monoisotopic (exact) mass is 596 g/mol. The van der Waals surface area contributed by atoms with E-state index in [-0.39, 0.29) is 18.2 Å². The number of nitrogens with one attached hydrogen (secondary N) is 4. The second-order valence-electron chi connectivity index (χ2n) is 12.8. The van der Waals surface area contributed by atoms with Crippen LogP contribution in [0.1, 0.15) is 91.9 Å². The Labute approximate surface area is 248 Å². The molecule has 3 fully saturated rings. The first kappa shape index (κ1) is 33.2. The number of amides is 4. The van der Waals surface area contributed by atoms with Gasteiger partial charge in [-0.3, -0.25) is 19.2 Å². The molecule has 2 saturated carbocycles. The van der Waals surface area contributed by atoms with Crippen molar-refractivity contribution >= 4 is 41.6 Å². The second-order valence-corrected chi connectivity index (χ2v) is 13.3. The molecule has 12 heteroatoms. The minimum atomic E-state index is -1.12. The SMILES string of the molecule is C[C@@H](OC(C)(C)C)[C@H](NC(=O)OCC1CC1)C(=O)N[C@@H](CC1CCCCC1)C(=O)N[C@@H](C[C@@H]1CCNC1=O)C(=O)S. The number of rotatable bonds is 14. The highest BCUT2D eigenvalue weighted by Crippen LogP contribution is 2.29. The minimum absolute atomic E-state index is 0.136. The molecule has 0 unspecified atom stereocenters. The van der Waals surface area contributed by atoms with E-state index in [9.17, 15) is 24.0 Å². The molecule has 1 aliphatic heterocycles. The molecule has 11 nitrogen and oxygen atoms in total. The van der Waals surface area contributed by atoms with Crippen LogP contribution in [-0.2, 0) is 28.7 Å². The summed E-state index contributed by atoms with van der Waals surface area (Å²) in [6.07, 6.45) is 6.80. The van der Waals surface area contributed by atoms with Gasteiger partial charge in [0.05, 0.1) is 24.4 Å². The molecule has 0 aromatic heterocycles. The number of hydrogen-bond acceptors (Lipinski definition) is 7. The number of carbonyl (C=O) groups excluding carboxylic acids is 5. The summed E-state index contributed by atoms with van der Waals surface area (Å²) < 4.78 is 11.3. The molecule has 3 rings (SSSR count). The molecule has 232 valence electrons. The Morgan fingerprint density at radius 3 is 2.12 bits per heavy atom. The Hall–Kier alpha value is -2.34. The predicted octanol–water partition coefficient (Wildman–Crippen LogP) is 2.62. The normalized spacial score (nSPS) is 22.6. The van der Waals surface area contributed by atoms with Gasteiger partial charge in [-0.25, -0.2) is 4.79 Å². The minimum Gasteiger partial charge on any atom is -0.449 e. The van der Waals surface area contributed by atoms with Crippen LogP contribution in [0.4, 0.5) is 4.79 Å². The van der Waals surface area contributed by atoms with Crippen LogP contribution in [0, 0.1) is 17.8 Å². The summed E-state index contributed by atoms with van der Waals surface area (Å²) in [7, 11) is 0. The van der Waals surface area contributed by atoms with Crippen LogP contribution < -0.4 is 21.3 Å². The summed E-state index contributed by atoms with van der Waals surface area (Å²) in [5.74, 6) is -1.06. The predicted molar refractivity (Wildman–Crippen MR) is 156 cm³/mol. The molecule has 0 aromatic rings. The maximum Gasteiger partial charge on any atom is 0.407 e. The third-order valence-electron chi connectivity index (χ3n) is 7.94. The summed E-state index contributed by atoms with van der Waals surface area (Å²) in [6.45, 7) is 8.06. The number of hydrogen-bond donors (Lipinski definition) is 5. The fourth-order valence-electron chi connectivity index (χ4n) is 5.57. The van der Waals surface area contributed by atoms with Gasteiger partial charge in [-0.15, -0.1) is 12.6 Å². The van der Waals surface area contributed by atoms with Crippen molar-refractivity contribution in [1.29, 1.82) is 0 Å². The van der Waals surface area contributed by atoms with E-state index in [0.29, 0.717) is 31.9 Å². The average molecular weight is 597 g/mol. The first-order chi connectivity index (χ1) is 19.3.